The van der Waals surface area contributed by atoms with Gasteiger partial charge in [-0.3, -0.25) is 4.79 Å². The van der Waals surface area contributed by atoms with E-state index in [0.29, 0.717) is 17.4 Å². The third-order valence-corrected chi connectivity index (χ3v) is 5.44. The van der Waals surface area contributed by atoms with Gasteiger partial charge in [0.2, 0.25) is 5.88 Å². The number of hydrogen-bond donors (Lipinski definition) is 1. The van der Waals surface area contributed by atoms with Gasteiger partial charge >= 0.3 is 6.36 Å². The van der Waals surface area contributed by atoms with Gasteiger partial charge in [0.05, 0.1) is 0 Å². The molecule has 0 bridgehead atoms. The lowest BCUT2D eigenvalue weighted by molar-refractivity contribution is -0.274. The number of hydrogen-bond acceptors (Lipinski definition) is 5. The monoisotopic (exact) mass is 492 g/mol. The number of alkyl halides is 3. The van der Waals surface area contributed by atoms with Crippen LogP contribution in [0.1, 0.15) is 5.56 Å². The van der Waals surface area contributed by atoms with Crippen LogP contribution in [0, 0.1) is 0 Å². The van der Waals surface area contributed by atoms with Crippen LogP contribution in [0.3, 0.4) is 0 Å². The maximum absolute atomic E-state index is 12.9. The quantitative estimate of drug-likeness (QED) is 0.338. The van der Waals surface area contributed by atoms with E-state index in [0.717, 1.165) is 28.8 Å². The molecule has 1 N–H and O–H groups in total. The van der Waals surface area contributed by atoms with Crippen molar-refractivity contribution in [1.29, 1.82) is 0 Å². The summed E-state index contributed by atoms with van der Waals surface area (Å²) in [5, 5.41) is 2.58. The van der Waals surface area contributed by atoms with Crippen molar-refractivity contribution in [2.75, 3.05) is 5.32 Å². The first-order valence-electron chi connectivity index (χ1n) is 11.0. The highest BCUT2D eigenvalue weighted by molar-refractivity contribution is 5.95. The first-order chi connectivity index (χ1) is 17.4. The fraction of sp³-hybridized carbons (Fsp3) is 0.111. The van der Waals surface area contributed by atoms with E-state index >= 15 is 0 Å². The molecule has 4 aromatic rings. The van der Waals surface area contributed by atoms with Crippen molar-refractivity contribution in [3.05, 3.63) is 96.7 Å². The summed E-state index contributed by atoms with van der Waals surface area (Å²) in [7, 11) is 0. The Hall–Kier alpha value is -4.53. The van der Waals surface area contributed by atoms with Gasteiger partial charge in [-0.1, -0.05) is 42.5 Å². The number of rotatable bonds is 6. The second-order valence-corrected chi connectivity index (χ2v) is 7.93. The van der Waals surface area contributed by atoms with Crippen LogP contribution in [0.25, 0.3) is 11.1 Å². The third-order valence-electron chi connectivity index (χ3n) is 5.44. The molecule has 5 rings (SSSR count). The summed E-state index contributed by atoms with van der Waals surface area (Å²) in [5.41, 5.74) is 2.50. The molecule has 1 aliphatic heterocycles. The van der Waals surface area contributed by atoms with E-state index in [1.54, 1.807) is 6.20 Å². The van der Waals surface area contributed by atoms with Gasteiger partial charge in [-0.25, -0.2) is 4.98 Å². The minimum absolute atomic E-state index is 0.149. The number of para-hydroxylation sites is 2. The Morgan fingerprint density at radius 3 is 2.47 bits per heavy atom. The molecule has 182 valence electrons. The number of aromatic nitrogens is 1. The molecule has 3 aromatic carbocycles. The van der Waals surface area contributed by atoms with E-state index in [1.165, 1.54) is 12.1 Å². The van der Waals surface area contributed by atoms with E-state index < -0.39 is 24.1 Å². The van der Waals surface area contributed by atoms with Crippen molar-refractivity contribution >= 4 is 11.6 Å². The van der Waals surface area contributed by atoms with Crippen molar-refractivity contribution in [3.8, 4) is 34.3 Å². The van der Waals surface area contributed by atoms with Crippen LogP contribution in [0.15, 0.2) is 91.1 Å². The SMILES string of the molecule is O=C(Nc1cccc(OC(F)(F)F)c1)C1Cc2c(-c3ccccc3Oc3ccccc3)ccnc2O1. The number of benzene rings is 3. The van der Waals surface area contributed by atoms with Crippen molar-refractivity contribution in [3.63, 3.8) is 0 Å². The Kier molecular flexibility index (Phi) is 6.20. The van der Waals surface area contributed by atoms with Crippen LogP contribution in [0.5, 0.6) is 23.1 Å². The van der Waals surface area contributed by atoms with E-state index in [-0.39, 0.29) is 12.1 Å². The first kappa shape index (κ1) is 23.2. The Morgan fingerprint density at radius 1 is 0.917 bits per heavy atom. The summed E-state index contributed by atoms with van der Waals surface area (Å²) in [4.78, 5) is 17.1. The summed E-state index contributed by atoms with van der Waals surface area (Å²) >= 11 is 0. The van der Waals surface area contributed by atoms with Crippen molar-refractivity contribution in [2.24, 2.45) is 0 Å². The van der Waals surface area contributed by atoms with E-state index in [1.807, 2.05) is 60.7 Å². The zero-order valence-corrected chi connectivity index (χ0v) is 18.7. The molecule has 0 saturated carbocycles. The summed E-state index contributed by atoms with van der Waals surface area (Å²) in [6, 6.07) is 23.8. The lowest BCUT2D eigenvalue weighted by Crippen LogP contribution is -2.31. The molecule has 0 radical (unpaired) electrons. The molecule has 1 aromatic heterocycles. The van der Waals surface area contributed by atoms with E-state index in [9.17, 15) is 18.0 Å². The fourth-order valence-corrected chi connectivity index (χ4v) is 3.92. The molecule has 0 aliphatic carbocycles. The van der Waals surface area contributed by atoms with Crippen LogP contribution >= 0.6 is 0 Å². The highest BCUT2D eigenvalue weighted by Crippen LogP contribution is 2.40. The summed E-state index contributed by atoms with van der Waals surface area (Å²) < 4.78 is 53.3. The predicted octanol–water partition coefficient (Wildman–Crippen LogP) is 6.38. The summed E-state index contributed by atoms with van der Waals surface area (Å²) in [5.74, 6) is 0.676. The minimum atomic E-state index is -4.83. The molecule has 9 heteroatoms. The second-order valence-electron chi connectivity index (χ2n) is 7.93. The average molecular weight is 492 g/mol. The number of amides is 1. The number of nitrogens with one attached hydrogen (secondary N) is 1. The number of ether oxygens (including phenoxy) is 3. The smallest absolute Gasteiger partial charge is 0.464 e. The maximum Gasteiger partial charge on any atom is 0.573 e. The molecule has 36 heavy (non-hydrogen) atoms. The molecular weight excluding hydrogens is 473 g/mol. The van der Waals surface area contributed by atoms with Gasteiger partial charge in [0, 0.05) is 35.5 Å². The molecule has 6 nitrogen and oxygen atoms in total. The number of fused-ring (bicyclic) bond motifs is 1. The largest absolute Gasteiger partial charge is 0.573 e. The Labute approximate surface area is 204 Å². The first-order valence-corrected chi connectivity index (χ1v) is 11.0. The van der Waals surface area contributed by atoms with Crippen LogP contribution in [0.2, 0.25) is 0 Å². The maximum atomic E-state index is 12.9. The molecular formula is C27H19F3N2O4. The van der Waals surface area contributed by atoms with Gasteiger partial charge in [-0.15, -0.1) is 13.2 Å². The average Bonchev–Trinajstić information content (AvgIpc) is 3.29. The van der Waals surface area contributed by atoms with Gasteiger partial charge in [0.1, 0.15) is 17.2 Å². The van der Waals surface area contributed by atoms with Gasteiger partial charge in [0.15, 0.2) is 6.10 Å². The number of carbonyl (C=O) groups is 1. The van der Waals surface area contributed by atoms with Crippen LogP contribution < -0.4 is 19.5 Å². The molecule has 0 fully saturated rings. The summed E-state index contributed by atoms with van der Waals surface area (Å²) in [6.45, 7) is 0. The third kappa shape index (κ3) is 5.25. The highest BCUT2D eigenvalue weighted by Gasteiger charge is 2.34. The Balaban J connectivity index is 1.35. The molecule has 0 spiro atoms. The second kappa shape index (κ2) is 9.61. The lowest BCUT2D eigenvalue weighted by atomic mass is 9.98. The van der Waals surface area contributed by atoms with Crippen molar-refractivity contribution < 1.29 is 32.2 Å². The number of carbonyl (C=O) groups excluding carboxylic acids is 1. The highest BCUT2D eigenvalue weighted by atomic mass is 19.4. The van der Waals surface area contributed by atoms with Crippen LogP contribution in [0.4, 0.5) is 18.9 Å². The topological polar surface area (TPSA) is 69.7 Å². The lowest BCUT2D eigenvalue weighted by Gasteiger charge is -2.13. The Bertz CT molecular complexity index is 1390. The zero-order chi connectivity index (χ0) is 25.1. The molecule has 2 heterocycles. The summed E-state index contributed by atoms with van der Waals surface area (Å²) in [6.07, 6.45) is -3.93. The number of pyridine rings is 1. The van der Waals surface area contributed by atoms with Gasteiger partial charge in [-0.2, -0.15) is 0 Å². The van der Waals surface area contributed by atoms with Crippen molar-refractivity contribution in [1.82, 2.24) is 4.98 Å². The van der Waals surface area contributed by atoms with Crippen molar-refractivity contribution in [2.45, 2.75) is 18.9 Å². The minimum Gasteiger partial charge on any atom is -0.464 e. The molecule has 0 saturated heterocycles. The van der Waals surface area contributed by atoms with Crippen LogP contribution in [-0.4, -0.2) is 23.4 Å². The van der Waals surface area contributed by atoms with Gasteiger partial charge < -0.3 is 19.5 Å². The van der Waals surface area contributed by atoms with Crippen LogP contribution in [-0.2, 0) is 11.2 Å². The fourth-order valence-electron chi connectivity index (χ4n) is 3.92. The van der Waals surface area contributed by atoms with E-state index in [2.05, 4.69) is 15.0 Å². The van der Waals surface area contributed by atoms with Gasteiger partial charge in [0.25, 0.3) is 5.91 Å². The molecule has 1 atom stereocenters. The molecule has 1 amide bonds. The zero-order valence-electron chi connectivity index (χ0n) is 18.7. The van der Waals surface area contributed by atoms with Gasteiger partial charge in [-0.05, 0) is 42.0 Å². The number of nitrogens with zero attached hydrogens (tertiary/aromatic N) is 1. The standard InChI is InChI=1S/C27H19F3N2O4/c28-27(29,30)36-19-10-6-7-17(15-19)32-25(33)24-16-22-20(13-14-31-26(22)35-24)21-11-4-5-12-23(21)34-18-8-2-1-3-9-18/h1-15,24H,16H2,(H,32,33). The number of halogens is 3. The molecule has 1 aliphatic rings. The number of anilines is 1. The molecule has 1 unspecified atom stereocenters. The Morgan fingerprint density at radius 2 is 1.67 bits per heavy atom. The van der Waals surface area contributed by atoms with E-state index in [4.69, 9.17) is 9.47 Å². The predicted molar refractivity (Wildman–Crippen MR) is 126 cm³/mol. The normalized spacial score (nSPS) is 14.5.